The highest BCUT2D eigenvalue weighted by atomic mass is 32.2. The topological polar surface area (TPSA) is 82.1 Å². The van der Waals surface area contributed by atoms with E-state index in [2.05, 4.69) is 0 Å². The second-order valence-corrected chi connectivity index (χ2v) is 10.2. The summed E-state index contributed by atoms with van der Waals surface area (Å²) in [5, 5.41) is -0.681. The van der Waals surface area contributed by atoms with Crippen LogP contribution in [0.25, 0.3) is 0 Å². The Labute approximate surface area is 174 Å². The van der Waals surface area contributed by atoms with E-state index in [9.17, 15) is 13.2 Å². The zero-order valence-corrected chi connectivity index (χ0v) is 18.8. The van der Waals surface area contributed by atoms with E-state index >= 15 is 0 Å². The van der Waals surface area contributed by atoms with Gasteiger partial charge in [-0.2, -0.15) is 8.42 Å². The Balaban J connectivity index is 2.24. The van der Waals surface area contributed by atoms with Crippen molar-refractivity contribution in [1.82, 2.24) is 4.90 Å². The lowest BCUT2D eigenvalue weighted by Crippen LogP contribution is -2.37. The highest BCUT2D eigenvalue weighted by molar-refractivity contribution is 7.87. The van der Waals surface area contributed by atoms with Gasteiger partial charge < -0.3 is 18.6 Å². The Bertz CT molecular complexity index is 784. The van der Waals surface area contributed by atoms with Gasteiger partial charge in [-0.3, -0.25) is 4.79 Å². The van der Waals surface area contributed by atoms with E-state index in [-0.39, 0.29) is 23.7 Å². The van der Waals surface area contributed by atoms with Gasteiger partial charge in [0.15, 0.2) is 11.5 Å². The fourth-order valence-corrected chi connectivity index (χ4v) is 3.67. The molecule has 1 heterocycles. The number of carbonyl (C=O) groups excluding carboxylic acids is 1. The second kappa shape index (κ2) is 10.3. The summed E-state index contributed by atoms with van der Waals surface area (Å²) in [6.45, 7) is 8.74. The number of carbonyl (C=O) groups is 1. The van der Waals surface area contributed by atoms with Gasteiger partial charge in [0.05, 0.1) is 18.5 Å². The van der Waals surface area contributed by atoms with E-state index in [1.165, 1.54) is 7.11 Å². The van der Waals surface area contributed by atoms with Crippen molar-refractivity contribution < 1.29 is 26.9 Å². The summed E-state index contributed by atoms with van der Waals surface area (Å²) in [5.74, 6) is 0.772. The van der Waals surface area contributed by atoms with Gasteiger partial charge in [-0.15, -0.1) is 0 Å². The molecule has 0 spiro atoms. The zero-order chi connectivity index (χ0) is 21.6. The number of hydrogen-bond acceptors (Lipinski definition) is 6. The zero-order valence-electron chi connectivity index (χ0n) is 18.0. The molecule has 2 rings (SSSR count). The number of amides is 1. The first-order chi connectivity index (χ1) is 13.6. The van der Waals surface area contributed by atoms with Gasteiger partial charge in [-0.05, 0) is 50.3 Å². The van der Waals surface area contributed by atoms with Gasteiger partial charge in [0, 0.05) is 26.1 Å². The molecule has 8 heteroatoms. The third kappa shape index (κ3) is 6.89. The third-order valence-electron chi connectivity index (χ3n) is 4.77. The van der Waals surface area contributed by atoms with Gasteiger partial charge in [0.1, 0.15) is 0 Å². The summed E-state index contributed by atoms with van der Waals surface area (Å²) in [5.41, 5.74) is 0.773. The van der Waals surface area contributed by atoms with Crippen LogP contribution in [0.4, 0.5) is 0 Å². The van der Waals surface area contributed by atoms with Gasteiger partial charge >= 0.3 is 10.1 Å². The minimum absolute atomic E-state index is 0.0430. The van der Waals surface area contributed by atoms with Crippen molar-refractivity contribution in [1.29, 1.82) is 0 Å². The molecule has 0 aliphatic carbocycles. The minimum Gasteiger partial charge on any atom is -0.493 e. The van der Waals surface area contributed by atoms with Crippen molar-refractivity contribution >= 4 is 16.0 Å². The number of rotatable bonds is 10. The molecule has 1 amide bonds. The molecule has 7 nitrogen and oxygen atoms in total. The highest BCUT2D eigenvalue weighted by Crippen LogP contribution is 2.31. The molecule has 0 N–H and O–H groups in total. The fraction of sp³-hybridized carbons (Fsp3) is 0.667. The first kappa shape index (κ1) is 23.5. The van der Waals surface area contributed by atoms with Gasteiger partial charge in [-0.25, -0.2) is 0 Å². The van der Waals surface area contributed by atoms with E-state index < -0.39 is 15.4 Å². The second-order valence-electron chi connectivity index (χ2n) is 8.12. The normalized spacial score (nSPS) is 17.0. The molecule has 1 aliphatic rings. The van der Waals surface area contributed by atoms with E-state index in [0.717, 1.165) is 25.0 Å². The van der Waals surface area contributed by atoms with Crippen LogP contribution in [-0.2, 0) is 26.2 Å². The SMILES string of the molecule is COc1ccc(CN(CC2CCCO2)C(=O)CC(C)C)cc1OS(=O)(=O)C(C)C. The van der Waals surface area contributed by atoms with Crippen molar-refractivity contribution in [2.75, 3.05) is 20.3 Å². The average molecular weight is 428 g/mol. The number of nitrogens with zero attached hydrogens (tertiary/aromatic N) is 1. The van der Waals surface area contributed by atoms with Crippen molar-refractivity contribution in [2.45, 2.75) is 64.9 Å². The monoisotopic (exact) mass is 427 g/mol. The Kier molecular flexibility index (Phi) is 8.34. The van der Waals surface area contributed by atoms with Crippen LogP contribution in [0.2, 0.25) is 0 Å². The molecule has 1 aromatic carbocycles. The van der Waals surface area contributed by atoms with Gasteiger partial charge in [0.25, 0.3) is 0 Å². The molecule has 1 atom stereocenters. The van der Waals surface area contributed by atoms with Crippen molar-refractivity contribution in [3.63, 3.8) is 0 Å². The Hall–Kier alpha value is -1.80. The lowest BCUT2D eigenvalue weighted by molar-refractivity contribution is -0.134. The molecule has 164 valence electrons. The number of hydrogen-bond donors (Lipinski definition) is 0. The van der Waals surface area contributed by atoms with Crippen LogP contribution in [0.1, 0.15) is 52.5 Å². The molecule has 1 aliphatic heterocycles. The van der Waals surface area contributed by atoms with Crippen LogP contribution in [0.5, 0.6) is 11.5 Å². The molecule has 0 aromatic heterocycles. The van der Waals surface area contributed by atoms with Gasteiger partial charge in [0.2, 0.25) is 5.91 Å². The number of benzene rings is 1. The summed E-state index contributed by atoms with van der Waals surface area (Å²) in [7, 11) is -2.30. The third-order valence-corrected chi connectivity index (χ3v) is 6.33. The quantitative estimate of drug-likeness (QED) is 0.533. The Morgan fingerprint density at radius 1 is 1.24 bits per heavy atom. The van der Waals surface area contributed by atoms with Crippen LogP contribution in [0.3, 0.4) is 0 Å². The van der Waals surface area contributed by atoms with E-state index in [1.807, 2.05) is 19.9 Å². The maximum Gasteiger partial charge on any atom is 0.311 e. The Morgan fingerprint density at radius 2 is 1.97 bits per heavy atom. The van der Waals surface area contributed by atoms with E-state index in [0.29, 0.717) is 25.3 Å². The predicted molar refractivity (Wildman–Crippen MR) is 112 cm³/mol. The van der Waals surface area contributed by atoms with Crippen LogP contribution in [0.15, 0.2) is 18.2 Å². The van der Waals surface area contributed by atoms with Crippen LogP contribution < -0.4 is 8.92 Å². The number of ether oxygens (including phenoxy) is 2. The molecule has 0 radical (unpaired) electrons. The lowest BCUT2D eigenvalue weighted by atomic mass is 10.1. The smallest absolute Gasteiger partial charge is 0.311 e. The summed E-state index contributed by atoms with van der Waals surface area (Å²) in [4.78, 5) is 14.6. The van der Waals surface area contributed by atoms with E-state index in [4.69, 9.17) is 13.7 Å². The molecule has 29 heavy (non-hydrogen) atoms. The molecule has 1 fully saturated rings. The van der Waals surface area contributed by atoms with Crippen LogP contribution in [-0.4, -0.2) is 50.8 Å². The maximum atomic E-state index is 12.8. The van der Waals surface area contributed by atoms with Crippen LogP contribution in [0, 0.1) is 5.92 Å². The summed E-state index contributed by atoms with van der Waals surface area (Å²) >= 11 is 0. The average Bonchev–Trinajstić information content (AvgIpc) is 3.13. The molecular formula is C21H33NO6S. The minimum atomic E-state index is -3.76. The summed E-state index contributed by atoms with van der Waals surface area (Å²) < 4.78 is 40.6. The molecule has 1 aromatic rings. The maximum absolute atomic E-state index is 12.8. The lowest BCUT2D eigenvalue weighted by Gasteiger charge is -2.27. The molecule has 0 saturated carbocycles. The van der Waals surface area contributed by atoms with Crippen molar-refractivity contribution in [3.8, 4) is 11.5 Å². The fourth-order valence-electron chi connectivity index (χ4n) is 3.09. The summed E-state index contributed by atoms with van der Waals surface area (Å²) in [6, 6.07) is 5.11. The number of methoxy groups -OCH3 is 1. The first-order valence-corrected chi connectivity index (χ1v) is 11.6. The highest BCUT2D eigenvalue weighted by Gasteiger charge is 2.25. The van der Waals surface area contributed by atoms with Crippen molar-refractivity contribution in [3.05, 3.63) is 23.8 Å². The van der Waals surface area contributed by atoms with E-state index in [1.54, 1.807) is 30.9 Å². The van der Waals surface area contributed by atoms with Crippen molar-refractivity contribution in [2.24, 2.45) is 5.92 Å². The Morgan fingerprint density at radius 3 is 2.52 bits per heavy atom. The van der Waals surface area contributed by atoms with Crippen LogP contribution >= 0.6 is 0 Å². The summed E-state index contributed by atoms with van der Waals surface area (Å²) in [6.07, 6.45) is 2.44. The van der Waals surface area contributed by atoms with Gasteiger partial charge in [-0.1, -0.05) is 19.9 Å². The molecular weight excluding hydrogens is 394 g/mol. The largest absolute Gasteiger partial charge is 0.493 e. The predicted octanol–water partition coefficient (Wildman–Crippen LogP) is 3.37. The standard InChI is InChI=1S/C21H33NO6S/c1-15(2)11-21(23)22(14-18-7-6-10-27-18)13-17-8-9-19(26-5)20(12-17)28-29(24,25)16(3)4/h8-9,12,15-16,18H,6-7,10-11,13-14H2,1-5H3. The molecule has 1 saturated heterocycles. The first-order valence-electron chi connectivity index (χ1n) is 10.1. The molecule has 0 bridgehead atoms. The molecule has 1 unspecified atom stereocenters.